The zero-order valence-corrected chi connectivity index (χ0v) is 13.6. The fourth-order valence-corrected chi connectivity index (χ4v) is 4.71. The molecule has 0 aromatic carbocycles. The first-order chi connectivity index (χ1) is 10.8. The number of hydrogen-bond donors (Lipinski definition) is 0. The third-order valence-corrected chi connectivity index (χ3v) is 6.06. The van der Waals surface area contributed by atoms with Gasteiger partial charge in [-0.3, -0.25) is 4.79 Å². The minimum Gasteiger partial charge on any atom is -0.381 e. The standard InChI is InChI=1S/C15H22N4O2S/c20-13(12-2-7-21-8-12)18-6-4-15(9-18)3-1-5-19(10-15)14-17-16-11-22-14/h11-12H,1-10H2. The molecule has 7 heteroatoms. The van der Waals surface area contributed by atoms with E-state index in [2.05, 4.69) is 20.0 Å². The molecule has 2 unspecified atom stereocenters. The van der Waals surface area contributed by atoms with Crippen molar-refractivity contribution >= 4 is 22.4 Å². The van der Waals surface area contributed by atoms with Gasteiger partial charge in [0.05, 0.1) is 12.5 Å². The lowest BCUT2D eigenvalue weighted by atomic mass is 9.79. The van der Waals surface area contributed by atoms with E-state index in [9.17, 15) is 4.79 Å². The van der Waals surface area contributed by atoms with Gasteiger partial charge in [0.2, 0.25) is 11.0 Å². The van der Waals surface area contributed by atoms with Crippen molar-refractivity contribution in [2.24, 2.45) is 11.3 Å². The van der Waals surface area contributed by atoms with E-state index in [-0.39, 0.29) is 11.3 Å². The summed E-state index contributed by atoms with van der Waals surface area (Å²) in [5.41, 5.74) is 2.04. The predicted octanol–water partition coefficient (Wildman–Crippen LogP) is 1.39. The molecule has 4 heterocycles. The van der Waals surface area contributed by atoms with E-state index >= 15 is 0 Å². The Morgan fingerprint density at radius 3 is 3.09 bits per heavy atom. The van der Waals surface area contributed by atoms with E-state index in [1.54, 1.807) is 16.8 Å². The van der Waals surface area contributed by atoms with Crippen molar-refractivity contribution in [2.45, 2.75) is 25.7 Å². The number of carbonyl (C=O) groups is 1. The lowest BCUT2D eigenvalue weighted by Gasteiger charge is -2.40. The first kappa shape index (κ1) is 14.4. The van der Waals surface area contributed by atoms with E-state index in [1.165, 1.54) is 12.8 Å². The quantitative estimate of drug-likeness (QED) is 0.823. The topological polar surface area (TPSA) is 58.6 Å². The number of hydrogen-bond acceptors (Lipinski definition) is 6. The monoisotopic (exact) mass is 322 g/mol. The molecule has 0 bridgehead atoms. The van der Waals surface area contributed by atoms with Crippen LogP contribution in [0.5, 0.6) is 0 Å². The molecule has 2 atom stereocenters. The van der Waals surface area contributed by atoms with E-state index in [4.69, 9.17) is 4.74 Å². The highest BCUT2D eigenvalue weighted by molar-refractivity contribution is 7.13. The summed E-state index contributed by atoms with van der Waals surface area (Å²) in [5.74, 6) is 0.403. The highest BCUT2D eigenvalue weighted by Gasteiger charge is 2.44. The number of aromatic nitrogens is 2. The molecule has 0 saturated carbocycles. The van der Waals surface area contributed by atoms with Gasteiger partial charge in [0, 0.05) is 38.2 Å². The summed E-state index contributed by atoms with van der Waals surface area (Å²) in [6.07, 6.45) is 4.39. The number of likely N-dealkylation sites (tertiary alicyclic amines) is 1. The highest BCUT2D eigenvalue weighted by atomic mass is 32.1. The summed E-state index contributed by atoms with van der Waals surface area (Å²) in [7, 11) is 0. The molecule has 1 amide bonds. The summed E-state index contributed by atoms with van der Waals surface area (Å²) < 4.78 is 5.37. The Morgan fingerprint density at radius 1 is 1.36 bits per heavy atom. The van der Waals surface area contributed by atoms with E-state index in [0.717, 1.165) is 50.8 Å². The molecule has 1 aromatic heterocycles. The minimum atomic E-state index is 0.0954. The first-order valence-corrected chi connectivity index (χ1v) is 9.01. The summed E-state index contributed by atoms with van der Waals surface area (Å²) in [6.45, 7) is 5.21. The van der Waals surface area contributed by atoms with E-state index in [0.29, 0.717) is 12.5 Å². The number of anilines is 1. The van der Waals surface area contributed by atoms with Crippen LogP contribution in [-0.4, -0.2) is 60.4 Å². The third-order valence-electron chi connectivity index (χ3n) is 5.31. The van der Waals surface area contributed by atoms with Gasteiger partial charge in [-0.2, -0.15) is 0 Å². The van der Waals surface area contributed by atoms with Crippen molar-refractivity contribution in [1.29, 1.82) is 0 Å². The Bertz CT molecular complexity index is 532. The molecule has 3 fully saturated rings. The summed E-state index contributed by atoms with van der Waals surface area (Å²) in [6, 6.07) is 0. The van der Waals surface area contributed by atoms with Gasteiger partial charge in [-0.1, -0.05) is 11.3 Å². The first-order valence-electron chi connectivity index (χ1n) is 8.13. The van der Waals surface area contributed by atoms with Crippen LogP contribution in [-0.2, 0) is 9.53 Å². The normalized spacial score (nSPS) is 32.1. The van der Waals surface area contributed by atoms with Gasteiger partial charge in [0.15, 0.2) is 0 Å². The molecule has 1 aromatic rings. The molecular weight excluding hydrogens is 300 g/mol. The van der Waals surface area contributed by atoms with Gasteiger partial charge in [-0.25, -0.2) is 0 Å². The zero-order chi connectivity index (χ0) is 15.0. The van der Waals surface area contributed by atoms with Gasteiger partial charge >= 0.3 is 0 Å². The maximum absolute atomic E-state index is 12.6. The molecule has 3 aliphatic rings. The molecule has 4 rings (SSSR count). The number of nitrogens with zero attached hydrogens (tertiary/aromatic N) is 4. The second kappa shape index (κ2) is 5.77. The molecule has 0 N–H and O–H groups in total. The van der Waals surface area contributed by atoms with Crippen LogP contribution in [0.4, 0.5) is 5.13 Å². The largest absolute Gasteiger partial charge is 0.381 e. The van der Waals surface area contributed by atoms with Crippen LogP contribution in [0.25, 0.3) is 0 Å². The lowest BCUT2D eigenvalue weighted by Crippen LogP contribution is -2.46. The minimum absolute atomic E-state index is 0.0954. The summed E-state index contributed by atoms with van der Waals surface area (Å²) in [5, 5.41) is 9.19. The number of ether oxygens (including phenoxy) is 1. The maximum Gasteiger partial charge on any atom is 0.228 e. The second-order valence-electron chi connectivity index (χ2n) is 6.82. The molecule has 120 valence electrons. The SMILES string of the molecule is O=C(C1CCOC1)N1CCC2(CCCN(c3nncs3)C2)C1. The van der Waals surface area contributed by atoms with Crippen molar-refractivity contribution in [1.82, 2.24) is 15.1 Å². The van der Waals surface area contributed by atoms with Crippen molar-refractivity contribution in [2.75, 3.05) is 44.3 Å². The van der Waals surface area contributed by atoms with Gasteiger partial charge < -0.3 is 14.5 Å². The van der Waals surface area contributed by atoms with Crippen LogP contribution >= 0.6 is 11.3 Å². The molecule has 6 nitrogen and oxygen atoms in total. The molecule has 3 saturated heterocycles. The van der Waals surface area contributed by atoms with Crippen molar-refractivity contribution in [3.63, 3.8) is 0 Å². The number of amides is 1. The smallest absolute Gasteiger partial charge is 0.228 e. The van der Waals surface area contributed by atoms with Gasteiger partial charge in [0.25, 0.3) is 0 Å². The maximum atomic E-state index is 12.6. The average molecular weight is 322 g/mol. The Kier molecular flexibility index (Phi) is 3.78. The number of piperidine rings is 1. The fraction of sp³-hybridized carbons (Fsp3) is 0.800. The average Bonchev–Trinajstić information content (AvgIpc) is 3.29. The van der Waals surface area contributed by atoms with Crippen LogP contribution in [0.3, 0.4) is 0 Å². The van der Waals surface area contributed by atoms with Crippen LogP contribution in [0.15, 0.2) is 5.51 Å². The molecular formula is C15H22N4O2S. The Balaban J connectivity index is 1.43. The summed E-state index contributed by atoms with van der Waals surface area (Å²) >= 11 is 1.61. The molecule has 22 heavy (non-hydrogen) atoms. The van der Waals surface area contributed by atoms with E-state index < -0.39 is 0 Å². The Labute approximate surface area is 134 Å². The second-order valence-corrected chi connectivity index (χ2v) is 7.63. The predicted molar refractivity (Wildman–Crippen MR) is 83.9 cm³/mol. The van der Waals surface area contributed by atoms with Crippen molar-refractivity contribution in [3.8, 4) is 0 Å². The molecule has 0 radical (unpaired) electrons. The molecule has 0 aliphatic carbocycles. The summed E-state index contributed by atoms with van der Waals surface area (Å²) in [4.78, 5) is 17.0. The Morgan fingerprint density at radius 2 is 2.32 bits per heavy atom. The van der Waals surface area contributed by atoms with Crippen LogP contribution in [0.1, 0.15) is 25.7 Å². The van der Waals surface area contributed by atoms with E-state index in [1.807, 2.05) is 0 Å². The van der Waals surface area contributed by atoms with Gasteiger partial charge in [-0.05, 0) is 25.7 Å². The fourth-order valence-electron chi connectivity index (χ4n) is 4.12. The zero-order valence-electron chi connectivity index (χ0n) is 12.7. The van der Waals surface area contributed by atoms with Crippen LogP contribution in [0.2, 0.25) is 0 Å². The number of rotatable bonds is 2. The van der Waals surface area contributed by atoms with Crippen molar-refractivity contribution in [3.05, 3.63) is 5.51 Å². The van der Waals surface area contributed by atoms with Gasteiger partial charge in [-0.15, -0.1) is 10.2 Å². The Hall–Kier alpha value is -1.21. The number of carbonyl (C=O) groups excluding carboxylic acids is 1. The molecule has 1 spiro atoms. The van der Waals surface area contributed by atoms with Crippen LogP contribution < -0.4 is 4.90 Å². The lowest BCUT2D eigenvalue weighted by molar-refractivity contribution is -0.134. The van der Waals surface area contributed by atoms with Crippen LogP contribution in [0, 0.1) is 11.3 Å². The van der Waals surface area contributed by atoms with Gasteiger partial charge in [0.1, 0.15) is 5.51 Å². The molecule has 3 aliphatic heterocycles. The van der Waals surface area contributed by atoms with Crippen molar-refractivity contribution < 1.29 is 9.53 Å². The highest BCUT2D eigenvalue weighted by Crippen LogP contribution is 2.41. The third kappa shape index (κ3) is 2.60.